The number of unbranched alkanes of at least 4 members (excludes halogenated alkanes) is 23. The van der Waals surface area contributed by atoms with E-state index in [0.29, 0.717) is 12.8 Å². The molecule has 0 aromatic rings. The van der Waals surface area contributed by atoms with E-state index < -0.39 is 11.9 Å². The summed E-state index contributed by atoms with van der Waals surface area (Å²) in [7, 11) is 0. The zero-order valence-electron chi connectivity index (χ0n) is 30.5. The van der Waals surface area contributed by atoms with Crippen molar-refractivity contribution in [3.8, 4) is 0 Å². The summed E-state index contributed by atoms with van der Waals surface area (Å²) in [4.78, 5) is 20.6. The van der Waals surface area contributed by atoms with E-state index >= 15 is 0 Å². The fourth-order valence-corrected chi connectivity index (χ4v) is 4.92. The first-order chi connectivity index (χ1) is 22.5. The van der Waals surface area contributed by atoms with Crippen LogP contribution >= 0.6 is 0 Å². The molecule has 0 aliphatic heterocycles. The number of allylic oxidation sites excluding steroid dienone is 4. The van der Waals surface area contributed by atoms with Gasteiger partial charge in [0.2, 0.25) is 0 Å². The molecule has 0 aromatic carbocycles. The van der Waals surface area contributed by atoms with Crippen LogP contribution in [0.15, 0.2) is 24.3 Å². The van der Waals surface area contributed by atoms with Gasteiger partial charge in [0.25, 0.3) is 0 Å². The highest BCUT2D eigenvalue weighted by molar-refractivity contribution is 5.66. The van der Waals surface area contributed by atoms with Crippen molar-refractivity contribution in [1.29, 1.82) is 0 Å². The molecule has 0 heterocycles. The average molecular weight is 655 g/mol. The maximum atomic E-state index is 10.3. The van der Waals surface area contributed by atoms with E-state index in [1.165, 1.54) is 141 Å². The number of aliphatic carboxylic acids is 2. The van der Waals surface area contributed by atoms with Crippen LogP contribution in [0, 0.1) is 0 Å². The summed E-state index contributed by atoms with van der Waals surface area (Å²) in [6.45, 7) is 4.91. The molecule has 0 aliphatic carbocycles. The second kappa shape index (κ2) is 47.7. The van der Waals surface area contributed by atoms with Crippen molar-refractivity contribution in [3.63, 3.8) is 0 Å². The minimum Gasteiger partial charge on any atom is -0.481 e. The van der Waals surface area contributed by atoms with Gasteiger partial charge in [-0.1, -0.05) is 141 Å². The normalized spacial score (nSPS) is 11.0. The molecule has 0 aliphatic rings. The van der Waals surface area contributed by atoms with Gasteiger partial charge in [0.05, 0.1) is 0 Å². The van der Waals surface area contributed by atoms with Crippen molar-refractivity contribution < 1.29 is 30.0 Å². The fraction of sp³-hybridized carbons (Fsp3) is 0.850. The van der Waals surface area contributed by atoms with E-state index in [1.807, 2.05) is 0 Å². The molecule has 0 fully saturated rings. The van der Waals surface area contributed by atoms with Crippen molar-refractivity contribution in [1.82, 2.24) is 0 Å². The molecule has 6 nitrogen and oxygen atoms in total. The highest BCUT2D eigenvalue weighted by Gasteiger charge is 1.97. The van der Waals surface area contributed by atoms with Gasteiger partial charge < -0.3 is 20.4 Å². The zero-order valence-corrected chi connectivity index (χ0v) is 30.5. The summed E-state index contributed by atoms with van der Waals surface area (Å²) in [5, 5.41) is 33.2. The molecule has 0 bridgehead atoms. The standard InChI is InChI=1S/2C18H34O2.C4H10O2/c2*1-2-3-4-5-6-7-8-9-10-11-12-13-14-15-16-17-18(19)20;5-3-1-2-4-6/h2*9-10H,2-8,11-17H2,1H3,(H,19,20);5-6H,1-4H2. The summed E-state index contributed by atoms with van der Waals surface area (Å²) < 4.78 is 0. The molecule has 0 spiro atoms. The predicted octanol–water partition coefficient (Wildman–Crippen LogP) is 12.0. The minimum absolute atomic E-state index is 0.195. The third kappa shape index (κ3) is 57.9. The lowest BCUT2D eigenvalue weighted by molar-refractivity contribution is -0.138. The molecule has 0 saturated heterocycles. The summed E-state index contributed by atoms with van der Waals surface area (Å²) >= 11 is 0. The van der Waals surface area contributed by atoms with Gasteiger partial charge in [0.15, 0.2) is 0 Å². The number of rotatable bonds is 33. The molecule has 0 saturated carbocycles. The van der Waals surface area contributed by atoms with Crippen LogP contribution in [0.4, 0.5) is 0 Å². The smallest absolute Gasteiger partial charge is 0.303 e. The van der Waals surface area contributed by atoms with Crippen LogP contribution < -0.4 is 0 Å². The van der Waals surface area contributed by atoms with E-state index in [-0.39, 0.29) is 13.2 Å². The van der Waals surface area contributed by atoms with Gasteiger partial charge >= 0.3 is 11.9 Å². The van der Waals surface area contributed by atoms with Gasteiger partial charge in [-0.05, 0) is 77.0 Å². The summed E-state index contributed by atoms with van der Waals surface area (Å²) in [5.74, 6) is -1.33. The van der Waals surface area contributed by atoms with Crippen LogP contribution in [0.2, 0.25) is 0 Å². The number of hydrogen-bond donors (Lipinski definition) is 4. The molecule has 0 atom stereocenters. The summed E-state index contributed by atoms with van der Waals surface area (Å²) in [6, 6.07) is 0. The zero-order chi connectivity index (χ0) is 34.6. The van der Waals surface area contributed by atoms with Gasteiger partial charge in [0.1, 0.15) is 0 Å². The van der Waals surface area contributed by atoms with E-state index in [4.69, 9.17) is 20.4 Å². The maximum Gasteiger partial charge on any atom is 0.303 e. The fourth-order valence-electron chi connectivity index (χ4n) is 4.92. The Morgan fingerprint density at radius 2 is 0.609 bits per heavy atom. The predicted molar refractivity (Wildman–Crippen MR) is 198 cm³/mol. The second-order valence-corrected chi connectivity index (χ2v) is 12.6. The number of aliphatic hydroxyl groups is 2. The lowest BCUT2D eigenvalue weighted by atomic mass is 10.1. The molecule has 6 heteroatoms. The molecule has 0 amide bonds. The molecule has 274 valence electrons. The molecule has 4 N–H and O–H groups in total. The lowest BCUT2D eigenvalue weighted by Gasteiger charge is -1.99. The lowest BCUT2D eigenvalue weighted by Crippen LogP contribution is -1.93. The van der Waals surface area contributed by atoms with E-state index in [2.05, 4.69) is 38.2 Å². The molecule has 0 radical (unpaired) electrons. The largest absolute Gasteiger partial charge is 0.481 e. The number of carboxylic acid groups (broad SMARTS) is 2. The molecule has 0 unspecified atom stereocenters. The van der Waals surface area contributed by atoms with Crippen LogP contribution in [0.25, 0.3) is 0 Å². The topological polar surface area (TPSA) is 115 Å². The highest BCUT2D eigenvalue weighted by Crippen LogP contribution is 2.11. The molecule has 0 rings (SSSR count). The Bertz CT molecular complexity index is 577. The monoisotopic (exact) mass is 655 g/mol. The Balaban J connectivity index is -0.000000682. The van der Waals surface area contributed by atoms with Crippen LogP contribution in [0.1, 0.15) is 206 Å². The van der Waals surface area contributed by atoms with Gasteiger partial charge in [-0.2, -0.15) is 0 Å². The van der Waals surface area contributed by atoms with E-state index in [1.54, 1.807) is 0 Å². The summed E-state index contributed by atoms with van der Waals surface area (Å²) in [6.07, 6.45) is 43.9. The first-order valence-corrected chi connectivity index (χ1v) is 19.4. The van der Waals surface area contributed by atoms with Gasteiger partial charge in [-0.15, -0.1) is 0 Å². The van der Waals surface area contributed by atoms with Gasteiger partial charge in [0, 0.05) is 26.1 Å². The van der Waals surface area contributed by atoms with Crippen molar-refractivity contribution in [3.05, 3.63) is 24.3 Å². The SMILES string of the molecule is CCCCCCCCC=CCCCCCCCC(=O)O.CCCCCCCCC=CCCCCCCCC(=O)O.OCCCCO. The second-order valence-electron chi connectivity index (χ2n) is 12.6. The molecule has 0 aromatic heterocycles. The van der Waals surface area contributed by atoms with Gasteiger partial charge in [-0.3, -0.25) is 9.59 Å². The Hall–Kier alpha value is -1.66. The average Bonchev–Trinajstić information content (AvgIpc) is 3.04. The Morgan fingerprint density at radius 1 is 0.370 bits per heavy atom. The van der Waals surface area contributed by atoms with Crippen LogP contribution in [-0.2, 0) is 9.59 Å². The van der Waals surface area contributed by atoms with Crippen molar-refractivity contribution >= 4 is 11.9 Å². The summed E-state index contributed by atoms with van der Waals surface area (Å²) in [5.41, 5.74) is 0. The third-order valence-corrected chi connectivity index (χ3v) is 7.87. The van der Waals surface area contributed by atoms with Crippen LogP contribution in [-0.4, -0.2) is 45.6 Å². The van der Waals surface area contributed by atoms with Gasteiger partial charge in [-0.25, -0.2) is 0 Å². The van der Waals surface area contributed by atoms with Crippen LogP contribution in [0.3, 0.4) is 0 Å². The van der Waals surface area contributed by atoms with Crippen molar-refractivity contribution in [2.24, 2.45) is 0 Å². The highest BCUT2D eigenvalue weighted by atomic mass is 16.4. The minimum atomic E-state index is -0.664. The van der Waals surface area contributed by atoms with Crippen molar-refractivity contribution in [2.75, 3.05) is 13.2 Å². The molecular weight excluding hydrogens is 576 g/mol. The van der Waals surface area contributed by atoms with Crippen LogP contribution in [0.5, 0.6) is 0 Å². The van der Waals surface area contributed by atoms with Crippen molar-refractivity contribution in [2.45, 2.75) is 206 Å². The first-order valence-electron chi connectivity index (χ1n) is 19.4. The Kier molecular flexibility index (Phi) is 50.6. The van der Waals surface area contributed by atoms with E-state index in [9.17, 15) is 9.59 Å². The Labute approximate surface area is 285 Å². The Morgan fingerprint density at radius 3 is 0.848 bits per heavy atom. The number of aliphatic hydroxyl groups excluding tert-OH is 2. The third-order valence-electron chi connectivity index (χ3n) is 7.87. The maximum absolute atomic E-state index is 10.3. The van der Waals surface area contributed by atoms with E-state index in [0.717, 1.165) is 38.5 Å². The first kappa shape index (κ1) is 48.7. The molecule has 46 heavy (non-hydrogen) atoms. The quantitative estimate of drug-likeness (QED) is 0.0413. The number of carbonyl (C=O) groups is 2. The number of carboxylic acids is 2. The molecular formula is C40H78O6. The number of hydrogen-bond acceptors (Lipinski definition) is 4.